The van der Waals surface area contributed by atoms with Crippen molar-refractivity contribution >= 4 is 8.80 Å². The molecule has 6 nitrogen and oxygen atoms in total. The van der Waals surface area contributed by atoms with Gasteiger partial charge in [0.2, 0.25) is 0 Å². The molecule has 0 aromatic carbocycles. The van der Waals surface area contributed by atoms with E-state index in [9.17, 15) is 0 Å². The molecule has 1 fully saturated rings. The molecule has 0 aliphatic carbocycles. The normalized spacial score (nSPS) is 22.1. The summed E-state index contributed by atoms with van der Waals surface area (Å²) in [6.07, 6.45) is 1.29. The first-order chi connectivity index (χ1) is 7.69. The average Bonchev–Trinajstić information content (AvgIpc) is 3.14. The minimum atomic E-state index is -2.56. The highest BCUT2D eigenvalue weighted by Gasteiger charge is 2.39. The zero-order valence-electron chi connectivity index (χ0n) is 9.97. The molecule has 0 aromatic rings. The molecule has 1 rings (SSSR count). The maximum Gasteiger partial charge on any atom is 0.500 e. The lowest BCUT2D eigenvalue weighted by molar-refractivity contribution is -0.281. The van der Waals surface area contributed by atoms with Crippen molar-refractivity contribution in [2.75, 3.05) is 27.9 Å². The summed E-state index contributed by atoms with van der Waals surface area (Å²) in [5.74, 6) is 0. The van der Waals surface area contributed by atoms with Crippen LogP contribution in [0.15, 0.2) is 0 Å². The van der Waals surface area contributed by atoms with E-state index in [1.807, 2.05) is 0 Å². The van der Waals surface area contributed by atoms with Gasteiger partial charge in [-0.15, -0.1) is 0 Å². The number of ether oxygens (including phenoxy) is 1. The summed E-state index contributed by atoms with van der Waals surface area (Å²) in [6.45, 7) is 0.751. The van der Waals surface area contributed by atoms with Gasteiger partial charge in [-0.05, 0) is 6.42 Å². The van der Waals surface area contributed by atoms with Crippen molar-refractivity contribution < 1.29 is 28.2 Å². The predicted octanol–water partition coefficient (Wildman–Crippen LogP) is 0.902. The van der Waals surface area contributed by atoms with Crippen molar-refractivity contribution in [3.8, 4) is 0 Å². The maximum atomic E-state index is 8.76. The van der Waals surface area contributed by atoms with Crippen molar-refractivity contribution in [2.24, 2.45) is 0 Å². The second-order valence-electron chi connectivity index (χ2n) is 3.75. The van der Waals surface area contributed by atoms with Crippen molar-refractivity contribution in [3.05, 3.63) is 0 Å². The monoisotopic (exact) mass is 252 g/mol. The number of rotatable bonds is 9. The molecule has 0 radical (unpaired) electrons. The summed E-state index contributed by atoms with van der Waals surface area (Å²) in [5.41, 5.74) is 0. The quantitative estimate of drug-likeness (QED) is 0.284. The highest BCUT2D eigenvalue weighted by Crippen LogP contribution is 2.23. The Morgan fingerprint density at radius 3 is 2.25 bits per heavy atom. The third-order valence-corrected chi connectivity index (χ3v) is 5.55. The smallest absolute Gasteiger partial charge is 0.377 e. The molecule has 7 heteroatoms. The van der Waals surface area contributed by atoms with Crippen molar-refractivity contribution in [1.82, 2.24) is 0 Å². The SMILES string of the molecule is CO[Si](CCC(CC1CO1)OO)(OC)OC. The largest absolute Gasteiger partial charge is 0.500 e. The van der Waals surface area contributed by atoms with E-state index in [1.54, 1.807) is 21.3 Å². The molecular weight excluding hydrogens is 232 g/mol. The lowest BCUT2D eigenvalue weighted by atomic mass is 10.1. The number of epoxide rings is 1. The van der Waals surface area contributed by atoms with E-state index >= 15 is 0 Å². The molecule has 1 aliphatic heterocycles. The molecule has 96 valence electrons. The Balaban J connectivity index is 2.32. The van der Waals surface area contributed by atoms with Crippen LogP contribution in [0.5, 0.6) is 0 Å². The van der Waals surface area contributed by atoms with Gasteiger partial charge in [0.25, 0.3) is 0 Å². The minimum Gasteiger partial charge on any atom is -0.377 e. The average molecular weight is 252 g/mol. The van der Waals surface area contributed by atoms with E-state index in [1.165, 1.54) is 0 Å². The van der Waals surface area contributed by atoms with Gasteiger partial charge in [0.1, 0.15) is 0 Å². The van der Waals surface area contributed by atoms with E-state index in [4.69, 9.17) is 23.3 Å². The minimum absolute atomic E-state index is 0.223. The van der Waals surface area contributed by atoms with Crippen LogP contribution in [0.2, 0.25) is 6.04 Å². The number of hydrogen-bond acceptors (Lipinski definition) is 6. The highest BCUT2D eigenvalue weighted by molar-refractivity contribution is 6.60. The van der Waals surface area contributed by atoms with Crippen LogP contribution in [0.25, 0.3) is 0 Å². The second-order valence-corrected chi connectivity index (χ2v) is 6.84. The fourth-order valence-electron chi connectivity index (χ4n) is 1.60. The Morgan fingerprint density at radius 1 is 1.31 bits per heavy atom. The molecule has 1 heterocycles. The lowest BCUT2D eigenvalue weighted by Gasteiger charge is -2.25. The van der Waals surface area contributed by atoms with E-state index in [-0.39, 0.29) is 12.2 Å². The third-order valence-electron chi connectivity index (χ3n) is 2.78. The van der Waals surface area contributed by atoms with Gasteiger partial charge >= 0.3 is 8.80 Å². The summed E-state index contributed by atoms with van der Waals surface area (Å²) in [5, 5.41) is 8.76. The van der Waals surface area contributed by atoms with Crippen LogP contribution in [0, 0.1) is 0 Å². The van der Waals surface area contributed by atoms with Gasteiger partial charge in [-0.3, -0.25) is 5.26 Å². The van der Waals surface area contributed by atoms with Crippen LogP contribution in [0.4, 0.5) is 0 Å². The molecule has 0 bridgehead atoms. The zero-order chi connectivity index (χ0) is 12.0. The first-order valence-electron chi connectivity index (χ1n) is 5.27. The molecular formula is C9H20O6Si. The zero-order valence-corrected chi connectivity index (χ0v) is 11.0. The summed E-state index contributed by atoms with van der Waals surface area (Å²) in [7, 11) is 2.14. The fourth-order valence-corrected chi connectivity index (χ4v) is 3.39. The topological polar surface area (TPSA) is 69.7 Å². The molecule has 2 atom stereocenters. The van der Waals surface area contributed by atoms with Gasteiger partial charge in [-0.1, -0.05) is 0 Å². The molecule has 16 heavy (non-hydrogen) atoms. The van der Waals surface area contributed by atoms with Crippen molar-refractivity contribution in [2.45, 2.75) is 31.1 Å². The summed E-state index contributed by atoms with van der Waals surface area (Å²) in [4.78, 5) is 4.41. The van der Waals surface area contributed by atoms with Gasteiger partial charge in [-0.2, -0.15) is 0 Å². The molecule has 0 aromatic heterocycles. The van der Waals surface area contributed by atoms with Crippen molar-refractivity contribution in [3.63, 3.8) is 0 Å². The molecule has 1 aliphatic rings. The van der Waals surface area contributed by atoms with E-state index in [0.717, 1.165) is 6.61 Å². The molecule has 1 N–H and O–H groups in total. The summed E-state index contributed by atoms with van der Waals surface area (Å²) >= 11 is 0. The maximum absolute atomic E-state index is 8.76. The Labute approximate surface area is 96.7 Å². The van der Waals surface area contributed by atoms with E-state index < -0.39 is 8.80 Å². The van der Waals surface area contributed by atoms with Crippen LogP contribution in [0.3, 0.4) is 0 Å². The van der Waals surface area contributed by atoms with Crippen LogP contribution in [0.1, 0.15) is 12.8 Å². The Hall–Kier alpha value is -0.0231. The standard InChI is InChI=1S/C9H20O6Si/c1-11-16(12-2,13-3)5-4-8(15-10)6-9-7-14-9/h8-10H,4-7H2,1-3H3. The fraction of sp³-hybridized carbons (Fsp3) is 1.00. The van der Waals surface area contributed by atoms with E-state index in [2.05, 4.69) is 4.89 Å². The predicted molar refractivity (Wildman–Crippen MR) is 58.1 cm³/mol. The highest BCUT2D eigenvalue weighted by atomic mass is 28.4. The van der Waals surface area contributed by atoms with Gasteiger partial charge in [0.05, 0.1) is 18.8 Å². The van der Waals surface area contributed by atoms with Crippen LogP contribution >= 0.6 is 0 Å². The number of hydrogen-bond donors (Lipinski definition) is 1. The second kappa shape index (κ2) is 6.65. The van der Waals surface area contributed by atoms with Crippen LogP contribution < -0.4 is 0 Å². The Bertz CT molecular complexity index is 186. The van der Waals surface area contributed by atoms with Gasteiger partial charge in [0, 0.05) is 33.8 Å². The molecule has 1 saturated heterocycles. The van der Waals surface area contributed by atoms with Crippen molar-refractivity contribution in [1.29, 1.82) is 0 Å². The molecule has 0 saturated carbocycles. The van der Waals surface area contributed by atoms with E-state index in [0.29, 0.717) is 18.9 Å². The Morgan fingerprint density at radius 2 is 1.88 bits per heavy atom. The molecule has 0 amide bonds. The summed E-state index contributed by atoms with van der Waals surface area (Å²) < 4.78 is 20.9. The molecule has 0 spiro atoms. The first-order valence-corrected chi connectivity index (χ1v) is 7.20. The first kappa shape index (κ1) is 14.0. The third kappa shape index (κ3) is 4.09. The van der Waals surface area contributed by atoms with Gasteiger partial charge < -0.3 is 18.0 Å². The molecule has 2 unspecified atom stereocenters. The lowest BCUT2D eigenvalue weighted by Crippen LogP contribution is -2.43. The van der Waals surface area contributed by atoms with Gasteiger partial charge in [-0.25, -0.2) is 4.89 Å². The Kier molecular flexibility index (Phi) is 5.83. The summed E-state index contributed by atoms with van der Waals surface area (Å²) in [6, 6.07) is 0.606. The van der Waals surface area contributed by atoms with Crippen LogP contribution in [-0.2, 0) is 22.9 Å². The van der Waals surface area contributed by atoms with Crippen LogP contribution in [-0.4, -0.2) is 54.2 Å². The van der Waals surface area contributed by atoms with Gasteiger partial charge in [0.15, 0.2) is 0 Å².